The Morgan fingerprint density at radius 3 is 2.24 bits per heavy atom. The van der Waals surface area contributed by atoms with Crippen molar-refractivity contribution in [3.63, 3.8) is 0 Å². The van der Waals surface area contributed by atoms with Crippen LogP contribution in [0.15, 0.2) is 47.8 Å². The molecule has 1 aromatic heterocycles. The minimum atomic E-state index is -4.51. The molecular formula is C23H22F3N3O5. The maximum atomic E-state index is 12.7. The molecule has 2 aromatic rings. The molecule has 3 rings (SSSR count). The van der Waals surface area contributed by atoms with Crippen LogP contribution < -0.4 is 5.48 Å². The van der Waals surface area contributed by atoms with Crippen LogP contribution >= 0.6 is 0 Å². The first kappa shape index (κ1) is 25.0. The number of benzene rings is 1. The van der Waals surface area contributed by atoms with E-state index in [4.69, 9.17) is 10.0 Å². The average Bonchev–Trinajstić information content (AvgIpc) is 3.26. The first-order valence-electron chi connectivity index (χ1n) is 10.3. The summed E-state index contributed by atoms with van der Waals surface area (Å²) in [5.41, 5.74) is 1.65. The number of alkyl halides is 3. The number of hydroxylamine groups is 1. The highest BCUT2D eigenvalue weighted by Crippen LogP contribution is 2.34. The number of oxime groups is 1. The summed E-state index contributed by atoms with van der Waals surface area (Å²) >= 11 is 0. The van der Waals surface area contributed by atoms with Gasteiger partial charge in [-0.15, -0.1) is 0 Å². The van der Waals surface area contributed by atoms with Gasteiger partial charge in [0.1, 0.15) is 11.8 Å². The minimum Gasteiger partial charge on any atom is -0.392 e. The molecule has 2 atom stereocenters. The van der Waals surface area contributed by atoms with Crippen molar-refractivity contribution in [3.8, 4) is 11.1 Å². The lowest BCUT2D eigenvalue weighted by Gasteiger charge is -2.27. The Morgan fingerprint density at radius 1 is 1.09 bits per heavy atom. The van der Waals surface area contributed by atoms with Gasteiger partial charge in [-0.3, -0.25) is 24.6 Å². The molecule has 2 N–H and O–H groups in total. The lowest BCUT2D eigenvalue weighted by molar-refractivity contribution is -0.146. The predicted octanol–water partition coefficient (Wildman–Crippen LogP) is 3.71. The van der Waals surface area contributed by atoms with E-state index in [1.165, 1.54) is 18.5 Å². The molecule has 34 heavy (non-hydrogen) atoms. The zero-order chi connectivity index (χ0) is 25.1. The van der Waals surface area contributed by atoms with Crippen LogP contribution in [-0.4, -0.2) is 39.5 Å². The van der Waals surface area contributed by atoms with Crippen LogP contribution in [0.4, 0.5) is 13.2 Å². The average molecular weight is 477 g/mol. The van der Waals surface area contributed by atoms with Crippen molar-refractivity contribution in [2.75, 3.05) is 0 Å². The van der Waals surface area contributed by atoms with E-state index in [9.17, 15) is 27.6 Å². The fourth-order valence-corrected chi connectivity index (χ4v) is 3.66. The van der Waals surface area contributed by atoms with Crippen molar-refractivity contribution in [1.82, 2.24) is 10.5 Å². The SMILES string of the molecule is CC(=O)C(=O)C[C@](C)(C[C@H]1CC(c2ccc(-c3ccc(C(F)(F)F)nc3)cc2)=NO1)C(=O)NO. The van der Waals surface area contributed by atoms with Gasteiger partial charge >= 0.3 is 6.18 Å². The highest BCUT2D eigenvalue weighted by molar-refractivity contribution is 6.36. The highest BCUT2D eigenvalue weighted by atomic mass is 19.4. The predicted molar refractivity (Wildman–Crippen MR) is 114 cm³/mol. The quantitative estimate of drug-likeness (QED) is 0.340. The van der Waals surface area contributed by atoms with E-state index >= 15 is 0 Å². The smallest absolute Gasteiger partial charge is 0.392 e. The van der Waals surface area contributed by atoms with Crippen molar-refractivity contribution in [3.05, 3.63) is 53.9 Å². The number of ketones is 2. The van der Waals surface area contributed by atoms with E-state index in [1.54, 1.807) is 24.3 Å². The first-order valence-corrected chi connectivity index (χ1v) is 10.3. The van der Waals surface area contributed by atoms with Crippen LogP contribution in [0, 0.1) is 5.41 Å². The van der Waals surface area contributed by atoms with Gasteiger partial charge in [0.25, 0.3) is 0 Å². The summed E-state index contributed by atoms with van der Waals surface area (Å²) in [5.74, 6) is -2.24. The van der Waals surface area contributed by atoms with Gasteiger partial charge in [0.15, 0.2) is 11.6 Å². The zero-order valence-corrected chi connectivity index (χ0v) is 18.3. The Morgan fingerprint density at radius 2 is 1.71 bits per heavy atom. The summed E-state index contributed by atoms with van der Waals surface area (Å²) in [5, 5.41) is 13.1. The third kappa shape index (κ3) is 5.66. The molecule has 0 saturated heterocycles. The van der Waals surface area contributed by atoms with Gasteiger partial charge in [0.2, 0.25) is 5.91 Å². The molecule has 1 aliphatic heterocycles. The second-order valence-corrected chi connectivity index (χ2v) is 8.34. The largest absolute Gasteiger partial charge is 0.433 e. The van der Waals surface area contributed by atoms with E-state index in [1.807, 2.05) is 0 Å². The summed E-state index contributed by atoms with van der Waals surface area (Å²) in [6.45, 7) is 2.56. The molecule has 1 amide bonds. The number of nitrogens with one attached hydrogen (secondary N) is 1. The van der Waals surface area contributed by atoms with Crippen LogP contribution in [0.3, 0.4) is 0 Å². The monoisotopic (exact) mass is 477 g/mol. The summed E-state index contributed by atoms with van der Waals surface area (Å²) in [6, 6.07) is 9.15. The van der Waals surface area contributed by atoms with Crippen LogP contribution in [0.25, 0.3) is 11.1 Å². The number of hydrogen-bond donors (Lipinski definition) is 2. The number of halogens is 3. The van der Waals surface area contributed by atoms with Crippen molar-refractivity contribution in [1.29, 1.82) is 0 Å². The number of carbonyl (C=O) groups excluding carboxylic acids is 3. The molecule has 11 heteroatoms. The fraction of sp³-hybridized carbons (Fsp3) is 0.348. The number of rotatable bonds is 8. The first-order chi connectivity index (χ1) is 15.9. The molecule has 180 valence electrons. The molecule has 1 aromatic carbocycles. The van der Waals surface area contributed by atoms with E-state index < -0.39 is 40.9 Å². The lowest BCUT2D eigenvalue weighted by Crippen LogP contribution is -2.42. The summed E-state index contributed by atoms with van der Waals surface area (Å²) in [4.78, 5) is 44.3. The van der Waals surface area contributed by atoms with E-state index in [0.717, 1.165) is 19.2 Å². The van der Waals surface area contributed by atoms with Crippen LogP contribution in [0.2, 0.25) is 0 Å². The van der Waals surface area contributed by atoms with Crippen LogP contribution in [-0.2, 0) is 25.4 Å². The van der Waals surface area contributed by atoms with Gasteiger partial charge in [0.05, 0.1) is 11.1 Å². The number of pyridine rings is 1. The maximum absolute atomic E-state index is 12.7. The van der Waals surface area contributed by atoms with Crippen molar-refractivity contribution < 1.29 is 37.6 Å². The molecule has 0 spiro atoms. The molecule has 0 unspecified atom stereocenters. The standard InChI is InChI=1S/C23H22F3N3O5/c1-13(30)19(31)11-22(2,21(32)28-33)10-17-9-18(29-34-17)15-5-3-14(4-6-15)16-7-8-20(27-12-16)23(24,25)26/h3-8,12,17,33H,9-11H2,1-2H3,(H,28,32)/t17-,22+/m1/s1. The normalized spacial score (nSPS) is 17.4. The van der Waals surface area contributed by atoms with Crippen LogP contribution in [0.1, 0.15) is 44.4 Å². The van der Waals surface area contributed by atoms with Crippen molar-refractivity contribution >= 4 is 23.2 Å². The molecule has 0 aliphatic carbocycles. The van der Waals surface area contributed by atoms with Gasteiger partial charge in [-0.25, -0.2) is 5.48 Å². The van der Waals surface area contributed by atoms with Gasteiger partial charge < -0.3 is 4.84 Å². The van der Waals surface area contributed by atoms with Crippen LogP contribution in [0.5, 0.6) is 0 Å². The summed E-state index contributed by atoms with van der Waals surface area (Å²) in [7, 11) is 0. The van der Waals surface area contributed by atoms with Gasteiger partial charge in [-0.05, 0) is 17.2 Å². The number of carbonyl (C=O) groups is 3. The Labute approximate surface area is 192 Å². The fourth-order valence-electron chi connectivity index (χ4n) is 3.66. The molecule has 1 aliphatic rings. The van der Waals surface area contributed by atoms with Crippen molar-refractivity contribution in [2.45, 2.75) is 45.4 Å². The Bertz CT molecular complexity index is 1110. The molecule has 0 radical (unpaired) electrons. The van der Waals surface area contributed by atoms with Crippen molar-refractivity contribution in [2.24, 2.45) is 10.6 Å². The highest BCUT2D eigenvalue weighted by Gasteiger charge is 2.41. The van der Waals surface area contributed by atoms with E-state index in [2.05, 4.69) is 10.1 Å². The maximum Gasteiger partial charge on any atom is 0.433 e. The number of hydrogen-bond acceptors (Lipinski definition) is 7. The Kier molecular flexibility index (Phi) is 7.15. The summed E-state index contributed by atoms with van der Waals surface area (Å²) < 4.78 is 38.1. The third-order valence-corrected chi connectivity index (χ3v) is 5.61. The molecule has 0 saturated carbocycles. The lowest BCUT2D eigenvalue weighted by atomic mass is 9.77. The molecular weight excluding hydrogens is 455 g/mol. The number of aromatic nitrogens is 1. The van der Waals surface area contributed by atoms with Gasteiger partial charge in [-0.2, -0.15) is 13.2 Å². The number of nitrogens with zero attached hydrogens (tertiary/aromatic N) is 2. The minimum absolute atomic E-state index is 0.0285. The topological polar surface area (TPSA) is 118 Å². The number of amides is 1. The second-order valence-electron chi connectivity index (χ2n) is 8.34. The van der Waals surface area contributed by atoms with Gasteiger partial charge in [-0.1, -0.05) is 42.4 Å². The summed E-state index contributed by atoms with van der Waals surface area (Å²) in [6.07, 6.45) is -3.98. The third-order valence-electron chi connectivity index (χ3n) is 5.61. The zero-order valence-electron chi connectivity index (χ0n) is 18.3. The molecule has 2 heterocycles. The second kappa shape index (κ2) is 9.72. The van der Waals surface area contributed by atoms with E-state index in [-0.39, 0.29) is 12.8 Å². The molecule has 8 nitrogen and oxygen atoms in total. The van der Waals surface area contributed by atoms with Gasteiger partial charge in [0, 0.05) is 37.9 Å². The Balaban J connectivity index is 1.68. The number of Topliss-reactive ketones (excluding diaryl/α,β-unsaturated/α-hetero) is 2. The molecule has 0 bridgehead atoms. The van der Waals surface area contributed by atoms with E-state index in [0.29, 0.717) is 28.8 Å². The Hall–Kier alpha value is -3.60. The molecule has 0 fully saturated rings.